The molecule has 3 N–H and O–H groups in total. The minimum atomic E-state index is -0.974. The largest absolute Gasteiger partial charge is 0.508 e. The van der Waals surface area contributed by atoms with E-state index >= 15 is 0 Å². The van der Waals surface area contributed by atoms with Crippen molar-refractivity contribution in [2.75, 3.05) is 11.9 Å². The highest BCUT2D eigenvalue weighted by molar-refractivity contribution is 9.10. The first kappa shape index (κ1) is 21.7. The molecular weight excluding hydrogens is 450 g/mol. The van der Waals surface area contributed by atoms with E-state index in [1.54, 1.807) is 48.5 Å². The summed E-state index contributed by atoms with van der Waals surface area (Å²) in [7, 11) is 0. The van der Waals surface area contributed by atoms with Crippen LogP contribution in [-0.4, -0.2) is 29.0 Å². The summed E-state index contributed by atoms with van der Waals surface area (Å²) in [5, 5.41) is 22.7. The van der Waals surface area contributed by atoms with Crippen LogP contribution in [0.15, 0.2) is 83.3 Å². The number of para-hydroxylation sites is 2. The second kappa shape index (κ2) is 10.7. The number of carbonyl (C=O) groups is 1. The van der Waals surface area contributed by atoms with Gasteiger partial charge in [-0.25, -0.2) is 4.79 Å². The Morgan fingerprint density at radius 2 is 1.67 bits per heavy atom. The molecular formula is C23H22BrNO5. The lowest BCUT2D eigenvalue weighted by Crippen LogP contribution is -2.32. The zero-order valence-corrected chi connectivity index (χ0v) is 17.7. The number of amides is 1. The Labute approximate surface area is 183 Å². The van der Waals surface area contributed by atoms with Gasteiger partial charge in [0.15, 0.2) is 6.10 Å². The van der Waals surface area contributed by atoms with Crippen molar-refractivity contribution in [1.29, 1.82) is 0 Å². The predicted octanol–water partition coefficient (Wildman–Crippen LogP) is 5.27. The number of phenolic OH excluding ortho intramolecular Hbond substituents is 1. The highest BCUT2D eigenvalue weighted by atomic mass is 79.9. The summed E-state index contributed by atoms with van der Waals surface area (Å²) < 4.78 is 12.4. The molecule has 0 spiro atoms. The van der Waals surface area contributed by atoms with Crippen molar-refractivity contribution in [1.82, 2.24) is 0 Å². The predicted molar refractivity (Wildman–Crippen MR) is 118 cm³/mol. The summed E-state index contributed by atoms with van der Waals surface area (Å²) in [6, 6.07) is 22.8. The fourth-order valence-corrected chi connectivity index (χ4v) is 3.33. The second-order valence-electron chi connectivity index (χ2n) is 6.50. The molecule has 3 aromatic rings. The maximum atomic E-state index is 12.6. The number of ether oxygens (including phenoxy) is 2. The lowest BCUT2D eigenvalue weighted by atomic mass is 10.0. The van der Waals surface area contributed by atoms with E-state index in [0.29, 0.717) is 21.5 Å². The number of hydrogen-bond donors (Lipinski definition) is 3. The van der Waals surface area contributed by atoms with Crippen LogP contribution in [0.1, 0.15) is 18.1 Å². The number of rotatable bonds is 8. The molecule has 3 rings (SSSR count). The van der Waals surface area contributed by atoms with Gasteiger partial charge in [-0.1, -0.05) is 52.3 Å². The fourth-order valence-electron chi connectivity index (χ4n) is 2.95. The minimum absolute atomic E-state index is 0.0460. The smallest absolute Gasteiger partial charge is 0.412 e. The Morgan fingerprint density at radius 3 is 2.33 bits per heavy atom. The van der Waals surface area contributed by atoms with Crippen molar-refractivity contribution in [3.8, 4) is 11.5 Å². The van der Waals surface area contributed by atoms with Crippen molar-refractivity contribution < 1.29 is 24.5 Å². The molecule has 0 aliphatic heterocycles. The van der Waals surface area contributed by atoms with Crippen LogP contribution >= 0.6 is 15.9 Å². The van der Waals surface area contributed by atoms with Gasteiger partial charge in [-0.05, 0) is 42.5 Å². The van der Waals surface area contributed by atoms with Crippen LogP contribution in [0.25, 0.3) is 0 Å². The second-order valence-corrected chi connectivity index (χ2v) is 7.42. The van der Waals surface area contributed by atoms with E-state index in [0.717, 1.165) is 0 Å². The van der Waals surface area contributed by atoms with Gasteiger partial charge in [-0.2, -0.15) is 0 Å². The van der Waals surface area contributed by atoms with Gasteiger partial charge in [0.2, 0.25) is 0 Å². The summed E-state index contributed by atoms with van der Waals surface area (Å²) in [5.74, 6) is 0.512. The van der Waals surface area contributed by atoms with Gasteiger partial charge in [-0.15, -0.1) is 0 Å². The lowest BCUT2D eigenvalue weighted by molar-refractivity contribution is 0.00797. The Bertz CT molecular complexity index is 952. The molecule has 0 bridgehead atoms. The maximum absolute atomic E-state index is 12.6. The molecule has 0 aliphatic carbocycles. The molecule has 3 aromatic carbocycles. The van der Waals surface area contributed by atoms with Crippen molar-refractivity contribution >= 4 is 27.7 Å². The maximum Gasteiger partial charge on any atom is 0.412 e. The van der Waals surface area contributed by atoms with Gasteiger partial charge in [0.25, 0.3) is 0 Å². The fraction of sp³-hybridized carbons (Fsp3) is 0.174. The number of aliphatic hydroxyl groups excluding tert-OH is 1. The highest BCUT2D eigenvalue weighted by Gasteiger charge is 2.31. The number of phenols is 1. The highest BCUT2D eigenvalue weighted by Crippen LogP contribution is 2.35. The van der Waals surface area contributed by atoms with Gasteiger partial charge in [-0.3, -0.25) is 5.32 Å². The third-order valence-electron chi connectivity index (χ3n) is 4.33. The van der Waals surface area contributed by atoms with Crippen LogP contribution in [0, 0.1) is 0 Å². The molecule has 6 nitrogen and oxygen atoms in total. The number of carbonyl (C=O) groups excluding carboxylic acids is 1. The number of aliphatic hydroxyl groups is 1. The van der Waals surface area contributed by atoms with Gasteiger partial charge in [0.05, 0.1) is 0 Å². The molecule has 0 aromatic heterocycles. The molecule has 0 aliphatic rings. The van der Waals surface area contributed by atoms with Crippen LogP contribution in [0.5, 0.6) is 11.5 Å². The van der Waals surface area contributed by atoms with Crippen LogP contribution in [0.2, 0.25) is 0 Å². The zero-order chi connectivity index (χ0) is 21.3. The Balaban J connectivity index is 1.90. The lowest BCUT2D eigenvalue weighted by Gasteiger charge is -2.28. The summed E-state index contributed by atoms with van der Waals surface area (Å²) in [6.45, 7) is -0.188. The monoisotopic (exact) mass is 471 g/mol. The third kappa shape index (κ3) is 5.98. The van der Waals surface area contributed by atoms with E-state index in [-0.39, 0.29) is 18.8 Å². The molecule has 156 valence electrons. The first-order valence-electron chi connectivity index (χ1n) is 9.40. The van der Waals surface area contributed by atoms with Crippen molar-refractivity contribution in [3.63, 3.8) is 0 Å². The van der Waals surface area contributed by atoms with Crippen LogP contribution in [-0.2, 0) is 4.74 Å². The number of nitrogens with one attached hydrogen (secondary N) is 1. The first-order chi connectivity index (χ1) is 14.6. The van der Waals surface area contributed by atoms with E-state index in [1.165, 1.54) is 6.07 Å². The summed E-state index contributed by atoms with van der Waals surface area (Å²) in [4.78, 5) is 12.6. The van der Waals surface area contributed by atoms with Crippen LogP contribution < -0.4 is 10.1 Å². The van der Waals surface area contributed by atoms with Gasteiger partial charge >= 0.3 is 6.09 Å². The van der Waals surface area contributed by atoms with Gasteiger partial charge in [0.1, 0.15) is 17.6 Å². The normalized spacial score (nSPS) is 12.6. The molecule has 0 heterocycles. The molecule has 0 saturated heterocycles. The number of hydrogen-bond acceptors (Lipinski definition) is 5. The van der Waals surface area contributed by atoms with Crippen LogP contribution in [0.4, 0.5) is 10.5 Å². The van der Waals surface area contributed by atoms with Crippen LogP contribution in [0.3, 0.4) is 0 Å². The van der Waals surface area contributed by atoms with Crippen molar-refractivity contribution in [2.45, 2.75) is 18.6 Å². The molecule has 1 amide bonds. The average molecular weight is 472 g/mol. The topological polar surface area (TPSA) is 88.0 Å². The van der Waals surface area contributed by atoms with E-state index in [1.807, 2.05) is 24.3 Å². The van der Waals surface area contributed by atoms with Gasteiger partial charge < -0.3 is 19.7 Å². The first-order valence-corrected chi connectivity index (χ1v) is 10.2. The molecule has 0 saturated carbocycles. The molecule has 0 fully saturated rings. The molecule has 0 radical (unpaired) electrons. The Kier molecular flexibility index (Phi) is 7.70. The number of halogens is 1. The van der Waals surface area contributed by atoms with E-state index < -0.39 is 18.3 Å². The molecule has 30 heavy (non-hydrogen) atoms. The average Bonchev–Trinajstić information content (AvgIpc) is 2.75. The number of benzene rings is 3. The molecule has 2 atom stereocenters. The van der Waals surface area contributed by atoms with Gasteiger partial charge in [0, 0.05) is 28.8 Å². The summed E-state index contributed by atoms with van der Waals surface area (Å²) in [5.41, 5.74) is 0.935. The Morgan fingerprint density at radius 1 is 1.00 bits per heavy atom. The third-order valence-corrected chi connectivity index (χ3v) is 4.83. The van der Waals surface area contributed by atoms with Crippen molar-refractivity contribution in [2.24, 2.45) is 0 Å². The molecule has 7 heteroatoms. The number of aromatic hydroxyl groups is 1. The summed E-state index contributed by atoms with van der Waals surface area (Å²) in [6.07, 6.45) is -2.23. The summed E-state index contributed by atoms with van der Waals surface area (Å²) >= 11 is 3.38. The standard InChI is InChI=1S/C23H22BrNO5/c24-16-11-12-20(27)19(15-16)22(30-23(28)25-17-7-3-1-4-8-17)21(13-14-26)29-18-9-5-2-6-10-18/h1-12,15,21-22,26-27H,13-14H2,(H,25,28)/t21-,22-/m1/s1. The zero-order valence-electron chi connectivity index (χ0n) is 16.1. The van der Waals surface area contributed by atoms with E-state index in [2.05, 4.69) is 21.2 Å². The quantitative estimate of drug-likeness (QED) is 0.416. The molecule has 0 unspecified atom stereocenters. The Hall–Kier alpha value is -3.03. The number of anilines is 1. The SMILES string of the molecule is O=C(Nc1ccccc1)O[C@H](c1cc(Br)ccc1O)[C@@H](CCO)Oc1ccccc1. The van der Waals surface area contributed by atoms with E-state index in [9.17, 15) is 15.0 Å². The van der Waals surface area contributed by atoms with Crippen molar-refractivity contribution in [3.05, 3.63) is 88.9 Å². The van der Waals surface area contributed by atoms with E-state index in [4.69, 9.17) is 9.47 Å². The minimum Gasteiger partial charge on any atom is -0.508 e.